The summed E-state index contributed by atoms with van der Waals surface area (Å²) in [5, 5.41) is 3.29. The Morgan fingerprint density at radius 3 is 2.61 bits per heavy atom. The van der Waals surface area contributed by atoms with E-state index in [4.69, 9.17) is 4.74 Å². The molecule has 0 radical (unpaired) electrons. The first-order valence-electron chi connectivity index (χ1n) is 7.28. The van der Waals surface area contributed by atoms with Gasteiger partial charge in [-0.3, -0.25) is 4.79 Å². The van der Waals surface area contributed by atoms with Crippen molar-refractivity contribution >= 4 is 5.97 Å². The third-order valence-electron chi connectivity index (χ3n) is 3.75. The lowest BCUT2D eigenvalue weighted by atomic mass is 9.90. The summed E-state index contributed by atoms with van der Waals surface area (Å²) < 4.78 is 4.92. The van der Waals surface area contributed by atoms with E-state index in [2.05, 4.69) is 24.1 Å². The molecule has 1 aliphatic rings. The third kappa shape index (κ3) is 5.36. The van der Waals surface area contributed by atoms with E-state index in [-0.39, 0.29) is 5.97 Å². The zero-order chi connectivity index (χ0) is 13.4. The molecule has 18 heavy (non-hydrogen) atoms. The molecule has 0 spiro atoms. The SMILES string of the molecule is CCCN1CCC(C(C)NCC(=O)OCC)CC1. The summed E-state index contributed by atoms with van der Waals surface area (Å²) in [6.07, 6.45) is 3.70. The molecule has 0 aliphatic carbocycles. The Morgan fingerprint density at radius 2 is 2.06 bits per heavy atom. The van der Waals surface area contributed by atoms with E-state index in [0.29, 0.717) is 25.1 Å². The van der Waals surface area contributed by atoms with Crippen LogP contribution in [-0.2, 0) is 9.53 Å². The molecule has 1 rings (SSSR count). The summed E-state index contributed by atoms with van der Waals surface area (Å²) >= 11 is 0. The van der Waals surface area contributed by atoms with E-state index in [1.54, 1.807) is 0 Å². The fourth-order valence-corrected chi connectivity index (χ4v) is 2.62. The van der Waals surface area contributed by atoms with Crippen LogP contribution in [0.4, 0.5) is 0 Å². The number of rotatable bonds is 7. The van der Waals surface area contributed by atoms with Gasteiger partial charge in [-0.05, 0) is 58.7 Å². The number of carbonyl (C=O) groups is 1. The Bertz CT molecular complexity index is 238. The molecule has 0 saturated carbocycles. The number of carbonyl (C=O) groups excluding carboxylic acids is 1. The summed E-state index contributed by atoms with van der Waals surface area (Å²) in [5.74, 6) is 0.542. The molecule has 1 fully saturated rings. The van der Waals surface area contributed by atoms with Gasteiger partial charge in [-0.25, -0.2) is 0 Å². The molecule has 0 aromatic rings. The number of nitrogens with one attached hydrogen (secondary N) is 1. The fourth-order valence-electron chi connectivity index (χ4n) is 2.62. The Kier molecular flexibility index (Phi) is 7.28. The summed E-state index contributed by atoms with van der Waals surface area (Å²) in [5.41, 5.74) is 0. The number of piperidine rings is 1. The zero-order valence-corrected chi connectivity index (χ0v) is 12.1. The molecule has 1 saturated heterocycles. The Morgan fingerprint density at radius 1 is 1.39 bits per heavy atom. The molecule has 1 aliphatic heterocycles. The predicted octanol–water partition coefficient (Wildman–Crippen LogP) is 1.65. The largest absolute Gasteiger partial charge is 0.465 e. The highest BCUT2D eigenvalue weighted by Gasteiger charge is 2.23. The van der Waals surface area contributed by atoms with Gasteiger partial charge in [0.2, 0.25) is 0 Å². The van der Waals surface area contributed by atoms with Crippen molar-refractivity contribution in [2.45, 2.75) is 46.1 Å². The highest BCUT2D eigenvalue weighted by atomic mass is 16.5. The Labute approximate surface area is 111 Å². The smallest absolute Gasteiger partial charge is 0.319 e. The molecular formula is C14H28N2O2. The minimum Gasteiger partial charge on any atom is -0.465 e. The number of esters is 1. The van der Waals surface area contributed by atoms with Gasteiger partial charge in [0.05, 0.1) is 13.2 Å². The number of ether oxygens (including phenoxy) is 1. The zero-order valence-electron chi connectivity index (χ0n) is 12.1. The molecule has 0 amide bonds. The first-order valence-corrected chi connectivity index (χ1v) is 7.28. The minimum atomic E-state index is -0.146. The lowest BCUT2D eigenvalue weighted by Gasteiger charge is -2.34. The van der Waals surface area contributed by atoms with Crippen molar-refractivity contribution < 1.29 is 9.53 Å². The van der Waals surface area contributed by atoms with E-state index in [1.165, 1.54) is 38.9 Å². The monoisotopic (exact) mass is 256 g/mol. The first kappa shape index (κ1) is 15.4. The summed E-state index contributed by atoms with van der Waals surface area (Å²) in [7, 11) is 0. The van der Waals surface area contributed by atoms with Crippen molar-refractivity contribution in [1.29, 1.82) is 0 Å². The second-order valence-corrected chi connectivity index (χ2v) is 5.15. The van der Waals surface area contributed by atoms with E-state index >= 15 is 0 Å². The van der Waals surface area contributed by atoms with Gasteiger partial charge in [0.25, 0.3) is 0 Å². The van der Waals surface area contributed by atoms with Crippen LogP contribution in [0, 0.1) is 5.92 Å². The lowest BCUT2D eigenvalue weighted by molar-refractivity contribution is -0.142. The molecule has 0 aromatic heterocycles. The van der Waals surface area contributed by atoms with E-state index in [9.17, 15) is 4.79 Å². The predicted molar refractivity (Wildman–Crippen MR) is 73.6 cm³/mol. The quantitative estimate of drug-likeness (QED) is 0.703. The van der Waals surface area contributed by atoms with E-state index in [0.717, 1.165) is 0 Å². The molecule has 1 atom stereocenters. The van der Waals surface area contributed by atoms with Crippen LogP contribution >= 0.6 is 0 Å². The van der Waals surface area contributed by atoms with Gasteiger partial charge in [0.1, 0.15) is 0 Å². The highest BCUT2D eigenvalue weighted by molar-refractivity contribution is 5.71. The molecular weight excluding hydrogens is 228 g/mol. The summed E-state index contributed by atoms with van der Waals surface area (Å²) in [6.45, 7) is 10.7. The number of hydrogen-bond donors (Lipinski definition) is 1. The van der Waals surface area contributed by atoms with Gasteiger partial charge in [-0.15, -0.1) is 0 Å². The highest BCUT2D eigenvalue weighted by Crippen LogP contribution is 2.20. The minimum absolute atomic E-state index is 0.146. The molecule has 1 heterocycles. The van der Waals surface area contributed by atoms with Crippen molar-refractivity contribution in [2.24, 2.45) is 5.92 Å². The fraction of sp³-hybridized carbons (Fsp3) is 0.929. The topological polar surface area (TPSA) is 41.6 Å². The normalized spacial score (nSPS) is 19.7. The van der Waals surface area contributed by atoms with Gasteiger partial charge < -0.3 is 15.0 Å². The molecule has 106 valence electrons. The van der Waals surface area contributed by atoms with Crippen LogP contribution in [0.1, 0.15) is 40.0 Å². The lowest BCUT2D eigenvalue weighted by Crippen LogP contribution is -2.43. The first-order chi connectivity index (χ1) is 8.67. The van der Waals surface area contributed by atoms with Crippen molar-refractivity contribution in [2.75, 3.05) is 32.8 Å². The van der Waals surface area contributed by atoms with Gasteiger partial charge in [-0.2, -0.15) is 0 Å². The van der Waals surface area contributed by atoms with Crippen LogP contribution in [-0.4, -0.2) is 49.7 Å². The molecule has 0 aromatic carbocycles. The number of nitrogens with zero attached hydrogens (tertiary/aromatic N) is 1. The van der Waals surface area contributed by atoms with Crippen LogP contribution in [0.5, 0.6) is 0 Å². The molecule has 1 unspecified atom stereocenters. The standard InChI is InChI=1S/C14H28N2O2/c1-4-8-16-9-6-13(7-10-16)12(3)15-11-14(17)18-5-2/h12-13,15H,4-11H2,1-3H3. The molecule has 0 bridgehead atoms. The molecule has 4 heteroatoms. The average molecular weight is 256 g/mol. The van der Waals surface area contributed by atoms with Crippen LogP contribution < -0.4 is 5.32 Å². The third-order valence-corrected chi connectivity index (χ3v) is 3.75. The van der Waals surface area contributed by atoms with Gasteiger partial charge in [-0.1, -0.05) is 6.92 Å². The Balaban J connectivity index is 2.19. The van der Waals surface area contributed by atoms with Gasteiger partial charge >= 0.3 is 5.97 Å². The summed E-state index contributed by atoms with van der Waals surface area (Å²) in [6, 6.07) is 0.401. The van der Waals surface area contributed by atoms with Crippen LogP contribution in [0.3, 0.4) is 0 Å². The maximum absolute atomic E-state index is 11.3. The van der Waals surface area contributed by atoms with Crippen molar-refractivity contribution in [3.8, 4) is 0 Å². The summed E-state index contributed by atoms with van der Waals surface area (Å²) in [4.78, 5) is 13.8. The van der Waals surface area contributed by atoms with E-state index < -0.39 is 0 Å². The van der Waals surface area contributed by atoms with Crippen LogP contribution in [0.25, 0.3) is 0 Å². The number of hydrogen-bond acceptors (Lipinski definition) is 4. The molecule has 4 nitrogen and oxygen atoms in total. The van der Waals surface area contributed by atoms with Crippen LogP contribution in [0.2, 0.25) is 0 Å². The maximum atomic E-state index is 11.3. The van der Waals surface area contributed by atoms with Crippen molar-refractivity contribution in [3.63, 3.8) is 0 Å². The van der Waals surface area contributed by atoms with Gasteiger partial charge in [0.15, 0.2) is 0 Å². The average Bonchev–Trinajstić information content (AvgIpc) is 2.37. The van der Waals surface area contributed by atoms with Crippen molar-refractivity contribution in [3.05, 3.63) is 0 Å². The van der Waals surface area contributed by atoms with Crippen molar-refractivity contribution in [1.82, 2.24) is 10.2 Å². The number of likely N-dealkylation sites (tertiary alicyclic amines) is 1. The van der Waals surface area contributed by atoms with E-state index in [1.807, 2.05) is 6.92 Å². The maximum Gasteiger partial charge on any atom is 0.319 e. The molecule has 1 N–H and O–H groups in total. The Hall–Kier alpha value is -0.610. The second-order valence-electron chi connectivity index (χ2n) is 5.15. The van der Waals surface area contributed by atoms with Crippen LogP contribution in [0.15, 0.2) is 0 Å². The second kappa shape index (κ2) is 8.48. The van der Waals surface area contributed by atoms with Gasteiger partial charge in [0, 0.05) is 6.04 Å².